The summed E-state index contributed by atoms with van der Waals surface area (Å²) in [6.45, 7) is 9.40. The first-order chi connectivity index (χ1) is 25.9. The molecule has 3 aromatic rings. The molecule has 13 nitrogen and oxygen atoms in total. The third kappa shape index (κ3) is 6.93. The van der Waals surface area contributed by atoms with E-state index < -0.39 is 26.4 Å². The van der Waals surface area contributed by atoms with Crippen LogP contribution in [0.5, 0.6) is 5.75 Å². The Kier molecular flexibility index (Phi) is 9.82. The average molecular weight is 758 g/mol. The Morgan fingerprint density at radius 2 is 1.76 bits per heavy atom. The Labute approximate surface area is 317 Å². The van der Waals surface area contributed by atoms with Crippen molar-refractivity contribution in [1.82, 2.24) is 14.7 Å². The molecule has 1 aliphatic carbocycles. The van der Waals surface area contributed by atoms with E-state index in [0.29, 0.717) is 24.3 Å². The highest BCUT2D eigenvalue weighted by molar-refractivity contribution is 7.91. The number of amides is 1. The van der Waals surface area contributed by atoms with Crippen molar-refractivity contribution in [2.75, 3.05) is 76.2 Å². The Morgan fingerprint density at radius 3 is 2.46 bits per heavy atom. The molecule has 3 aromatic carbocycles. The number of piperazine rings is 1. The van der Waals surface area contributed by atoms with E-state index in [0.717, 1.165) is 64.7 Å². The number of benzene rings is 3. The molecule has 4 fully saturated rings. The third-order valence-electron chi connectivity index (χ3n) is 12.8. The number of hydrogen-bond donors (Lipinski definition) is 2. The van der Waals surface area contributed by atoms with Crippen LogP contribution in [0.25, 0.3) is 0 Å². The van der Waals surface area contributed by atoms with Crippen LogP contribution in [0.4, 0.5) is 17.1 Å². The van der Waals surface area contributed by atoms with E-state index >= 15 is 0 Å². The molecule has 14 heteroatoms. The summed E-state index contributed by atoms with van der Waals surface area (Å²) >= 11 is 0. The van der Waals surface area contributed by atoms with Gasteiger partial charge in [0.1, 0.15) is 6.61 Å². The first kappa shape index (κ1) is 36.7. The van der Waals surface area contributed by atoms with Crippen molar-refractivity contribution in [3.8, 4) is 5.75 Å². The van der Waals surface area contributed by atoms with Crippen LogP contribution in [0.1, 0.15) is 66.1 Å². The maximum Gasteiger partial charge on any atom is 0.297 e. The molecule has 5 aliphatic rings. The number of hydrogen-bond acceptors (Lipinski definition) is 11. The van der Waals surface area contributed by atoms with Gasteiger partial charge >= 0.3 is 0 Å². The number of ether oxygens (including phenoxy) is 1. The lowest BCUT2D eigenvalue weighted by atomic mass is 9.59. The Balaban J connectivity index is 0.980. The number of nitro benzene ring substituents is 1. The zero-order valence-electron chi connectivity index (χ0n) is 31.2. The minimum atomic E-state index is -4.43. The summed E-state index contributed by atoms with van der Waals surface area (Å²) in [5, 5.41) is 15.6. The number of rotatable bonds is 9. The second-order valence-electron chi connectivity index (χ2n) is 16.2. The van der Waals surface area contributed by atoms with Crippen molar-refractivity contribution in [1.29, 1.82) is 0 Å². The number of nitrogens with two attached hydrogens (primary N) is 1. The molecule has 3 saturated heterocycles. The van der Waals surface area contributed by atoms with Crippen LogP contribution in [0.15, 0.2) is 64.4 Å². The van der Waals surface area contributed by atoms with Gasteiger partial charge in [0.05, 0.1) is 26.3 Å². The molecule has 0 bridgehead atoms. The number of nitro groups is 1. The topological polar surface area (TPSA) is 155 Å². The molecule has 1 spiro atoms. The summed E-state index contributed by atoms with van der Waals surface area (Å²) in [6, 6.07) is 16.7. The number of nitrogens with one attached hydrogen (secondary N) is 1. The first-order valence-electron chi connectivity index (χ1n) is 19.3. The number of nitrogens with zero attached hydrogens (tertiary/aromatic N) is 5. The molecular formula is C40H51N7O6S. The number of likely N-dealkylation sites (tertiary alicyclic amines) is 1. The number of carbonyl (C=O) groups excluding carboxylic acids is 1. The van der Waals surface area contributed by atoms with Crippen LogP contribution in [0.2, 0.25) is 0 Å². The number of anilines is 2. The van der Waals surface area contributed by atoms with Crippen LogP contribution in [0, 0.1) is 22.5 Å². The predicted molar refractivity (Wildman–Crippen MR) is 207 cm³/mol. The van der Waals surface area contributed by atoms with E-state index in [1.807, 2.05) is 0 Å². The summed E-state index contributed by atoms with van der Waals surface area (Å²) in [4.78, 5) is 33.2. The molecule has 4 aliphatic heterocycles. The summed E-state index contributed by atoms with van der Waals surface area (Å²) in [6.07, 6.45) is 6.78. The molecule has 54 heavy (non-hydrogen) atoms. The standard InChI is InChI=1S/C40H51N7O6S/c1-27-6-3-4-7-32(27)34-8-5-13-46(34)30-23-40(24-30)11-14-45(15-12-40)29-9-10-33(39(41)48)37(20-29)54(51,52)31-21-35(47(49)50)38-36(22-31)53-26-28(42-38)25-44-18-16-43(2)17-19-44/h3-4,6-7,9-10,20-22,28,30,34,42H,5,8,11-19,23-26H2,1-2H3,(H2,41,48)/t28-,34+/m1/s1. The van der Waals surface area contributed by atoms with Gasteiger partial charge in [0, 0.05) is 75.7 Å². The van der Waals surface area contributed by atoms with E-state index in [-0.39, 0.29) is 44.9 Å². The molecule has 8 rings (SSSR count). The Bertz CT molecular complexity index is 2040. The average Bonchev–Trinajstić information content (AvgIpc) is 3.63. The molecule has 1 saturated carbocycles. The third-order valence-corrected chi connectivity index (χ3v) is 14.6. The fourth-order valence-electron chi connectivity index (χ4n) is 9.61. The molecule has 0 unspecified atom stereocenters. The molecule has 3 N–H and O–H groups in total. The van der Waals surface area contributed by atoms with E-state index in [1.54, 1.807) is 6.07 Å². The highest BCUT2D eigenvalue weighted by Crippen LogP contribution is 2.54. The smallest absolute Gasteiger partial charge is 0.297 e. The normalized spacial score (nSPS) is 23.7. The second-order valence-corrected chi connectivity index (χ2v) is 18.1. The molecule has 4 heterocycles. The molecular weight excluding hydrogens is 707 g/mol. The predicted octanol–water partition coefficient (Wildman–Crippen LogP) is 4.84. The van der Waals surface area contributed by atoms with Gasteiger partial charge in [-0.15, -0.1) is 0 Å². The van der Waals surface area contributed by atoms with Crippen molar-refractivity contribution in [3.05, 3.63) is 81.4 Å². The Morgan fingerprint density at radius 1 is 1.02 bits per heavy atom. The van der Waals surface area contributed by atoms with Crippen molar-refractivity contribution >= 4 is 32.8 Å². The minimum absolute atomic E-state index is 0.0912. The van der Waals surface area contributed by atoms with Crippen LogP contribution >= 0.6 is 0 Å². The van der Waals surface area contributed by atoms with Gasteiger partial charge in [-0.05, 0) is 93.8 Å². The summed E-state index contributed by atoms with van der Waals surface area (Å²) in [5.41, 5.74) is 9.09. The van der Waals surface area contributed by atoms with Crippen molar-refractivity contribution in [3.63, 3.8) is 0 Å². The highest BCUT2D eigenvalue weighted by atomic mass is 32.2. The number of primary amides is 1. The summed E-state index contributed by atoms with van der Waals surface area (Å²) < 4.78 is 34.7. The van der Waals surface area contributed by atoms with E-state index in [2.05, 4.69) is 63.2 Å². The number of piperidine rings is 1. The lowest BCUT2D eigenvalue weighted by Gasteiger charge is -2.56. The fraction of sp³-hybridized carbons (Fsp3) is 0.525. The van der Waals surface area contributed by atoms with Crippen LogP contribution in [0.3, 0.4) is 0 Å². The minimum Gasteiger partial charge on any atom is -0.489 e. The quantitative estimate of drug-likeness (QED) is 0.228. The van der Waals surface area contributed by atoms with Crippen molar-refractivity contribution in [2.24, 2.45) is 11.1 Å². The van der Waals surface area contributed by atoms with Crippen LogP contribution < -0.4 is 20.7 Å². The van der Waals surface area contributed by atoms with Gasteiger partial charge in [-0.3, -0.25) is 24.7 Å². The van der Waals surface area contributed by atoms with Gasteiger partial charge < -0.3 is 25.6 Å². The van der Waals surface area contributed by atoms with Gasteiger partial charge in [-0.2, -0.15) is 0 Å². The maximum atomic E-state index is 14.3. The van der Waals surface area contributed by atoms with Gasteiger partial charge in [0.25, 0.3) is 5.69 Å². The number of sulfone groups is 1. The SMILES string of the molecule is Cc1ccccc1[C@@H]1CCCN1C1CC2(CCN(c3ccc(C(N)=O)c(S(=O)(=O)c4cc5c(c([N+](=O)[O-])c4)N[C@H](CN4CCN(C)CC4)CO5)c3)CC2)C1. The lowest BCUT2D eigenvalue weighted by molar-refractivity contribution is -0.384. The molecule has 2 atom stereocenters. The number of likely N-dealkylation sites (N-methyl/N-ethyl adjacent to an activating group) is 1. The largest absolute Gasteiger partial charge is 0.489 e. The lowest BCUT2D eigenvalue weighted by Crippen LogP contribution is -2.54. The van der Waals surface area contributed by atoms with Crippen LogP contribution in [-0.2, 0) is 9.84 Å². The molecule has 288 valence electrons. The van der Waals surface area contributed by atoms with E-state index in [1.165, 1.54) is 55.0 Å². The van der Waals surface area contributed by atoms with E-state index in [9.17, 15) is 23.3 Å². The fourth-order valence-corrected chi connectivity index (χ4v) is 11.1. The number of carbonyl (C=O) groups is 1. The van der Waals surface area contributed by atoms with Gasteiger partial charge in [-0.1, -0.05) is 24.3 Å². The first-order valence-corrected chi connectivity index (χ1v) is 20.8. The molecule has 0 radical (unpaired) electrons. The summed E-state index contributed by atoms with van der Waals surface area (Å²) in [5.74, 6) is -0.797. The monoisotopic (exact) mass is 757 g/mol. The molecule has 1 amide bonds. The number of fused-ring (bicyclic) bond motifs is 1. The van der Waals surface area contributed by atoms with Gasteiger partial charge in [-0.25, -0.2) is 8.42 Å². The zero-order valence-corrected chi connectivity index (χ0v) is 32.0. The maximum absolute atomic E-state index is 14.3. The van der Waals surface area contributed by atoms with Gasteiger partial charge in [0.2, 0.25) is 15.7 Å². The van der Waals surface area contributed by atoms with Crippen molar-refractivity contribution < 1.29 is 22.9 Å². The zero-order chi connectivity index (χ0) is 37.8. The number of aryl methyl sites for hydroxylation is 1. The van der Waals surface area contributed by atoms with Crippen LogP contribution in [-0.4, -0.2) is 112 Å². The second kappa shape index (κ2) is 14.4. The van der Waals surface area contributed by atoms with Crippen molar-refractivity contribution in [2.45, 2.75) is 73.4 Å². The molecule has 0 aromatic heterocycles. The highest BCUT2D eigenvalue weighted by Gasteiger charge is 2.50. The van der Waals surface area contributed by atoms with E-state index in [4.69, 9.17) is 10.5 Å². The van der Waals surface area contributed by atoms with Gasteiger partial charge in [0.15, 0.2) is 11.4 Å². The Hall–Kier alpha value is -4.24. The summed E-state index contributed by atoms with van der Waals surface area (Å²) in [7, 11) is -2.35.